The van der Waals surface area contributed by atoms with Crippen LogP contribution >= 0.6 is 0 Å². The second-order valence-electron chi connectivity index (χ2n) is 3.42. The lowest BCUT2D eigenvalue weighted by atomic mass is 9.99. The average Bonchev–Trinajstić information content (AvgIpc) is 2.25. The summed E-state index contributed by atoms with van der Waals surface area (Å²) < 4.78 is 0. The molecular weight excluding hydrogens is 204 g/mol. The molecule has 0 heterocycles. The van der Waals surface area contributed by atoms with Gasteiger partial charge in [0, 0.05) is 0 Å². The van der Waals surface area contributed by atoms with E-state index in [9.17, 15) is 9.59 Å². The number of benzene rings is 1. The third-order valence-electron chi connectivity index (χ3n) is 2.52. The summed E-state index contributed by atoms with van der Waals surface area (Å²) >= 11 is 0. The highest BCUT2D eigenvalue weighted by Crippen LogP contribution is 2.33. The molecule has 0 aliphatic carbocycles. The summed E-state index contributed by atoms with van der Waals surface area (Å²) in [5.74, 6) is 0. The van der Waals surface area contributed by atoms with Crippen molar-refractivity contribution in [3.05, 3.63) is 22.8 Å². The van der Waals surface area contributed by atoms with Gasteiger partial charge < -0.3 is 0 Å². The zero-order valence-electron chi connectivity index (χ0n) is 9.50. The zero-order valence-corrected chi connectivity index (χ0v) is 9.50. The molecule has 0 atom stereocenters. The first kappa shape index (κ1) is 12.1. The third-order valence-corrected chi connectivity index (χ3v) is 2.52. The Labute approximate surface area is 93.7 Å². The fraction of sp³-hybridized carbons (Fsp3) is 0.333. The predicted molar refractivity (Wildman–Crippen MR) is 60.9 cm³/mol. The first-order valence-electron chi connectivity index (χ1n) is 4.94. The van der Waals surface area contributed by atoms with Crippen molar-refractivity contribution in [2.24, 2.45) is 9.98 Å². The van der Waals surface area contributed by atoms with Crippen LogP contribution in [-0.4, -0.2) is 12.2 Å². The Morgan fingerprint density at radius 1 is 1.19 bits per heavy atom. The number of aryl methyl sites for hydroxylation is 1. The predicted octanol–water partition coefficient (Wildman–Crippen LogP) is 2.80. The van der Waals surface area contributed by atoms with E-state index in [1.165, 1.54) is 12.2 Å². The first-order valence-corrected chi connectivity index (χ1v) is 4.94. The van der Waals surface area contributed by atoms with Crippen LogP contribution in [0.15, 0.2) is 16.1 Å². The Bertz CT molecular complexity index is 508. The topological polar surface area (TPSA) is 58.9 Å². The van der Waals surface area contributed by atoms with E-state index in [1.54, 1.807) is 6.07 Å². The van der Waals surface area contributed by atoms with Crippen LogP contribution in [0.3, 0.4) is 0 Å². The molecule has 82 valence electrons. The molecule has 0 aliphatic heterocycles. The Morgan fingerprint density at radius 3 is 2.31 bits per heavy atom. The number of aliphatic imine (C=N–C) groups is 2. The summed E-state index contributed by atoms with van der Waals surface area (Å²) in [5.41, 5.74) is 3.77. The quantitative estimate of drug-likeness (QED) is 0.576. The van der Waals surface area contributed by atoms with Gasteiger partial charge in [-0.25, -0.2) is 9.59 Å². The molecule has 0 spiro atoms. The van der Waals surface area contributed by atoms with Crippen LogP contribution in [0.4, 0.5) is 11.4 Å². The SMILES string of the molecule is CCc1c(N=C=O)cc(C)c(N=C=O)c1C. The number of hydrogen-bond acceptors (Lipinski definition) is 4. The van der Waals surface area contributed by atoms with Crippen LogP contribution in [0.5, 0.6) is 0 Å². The summed E-state index contributed by atoms with van der Waals surface area (Å²) in [6.07, 6.45) is 3.78. The lowest BCUT2D eigenvalue weighted by Gasteiger charge is -2.11. The van der Waals surface area contributed by atoms with Crippen molar-refractivity contribution in [2.45, 2.75) is 27.2 Å². The van der Waals surface area contributed by atoms with Crippen LogP contribution < -0.4 is 0 Å². The largest absolute Gasteiger partial charge is 0.240 e. The molecule has 0 radical (unpaired) electrons. The molecular formula is C12H12N2O2. The van der Waals surface area contributed by atoms with Gasteiger partial charge in [-0.15, -0.1) is 0 Å². The molecule has 0 unspecified atom stereocenters. The van der Waals surface area contributed by atoms with E-state index < -0.39 is 0 Å². The van der Waals surface area contributed by atoms with Gasteiger partial charge >= 0.3 is 0 Å². The highest BCUT2D eigenvalue weighted by atomic mass is 16.1. The standard InChI is InChI=1S/C12H12N2O2/c1-4-10-9(3)12(14-7-16)8(2)5-11(10)13-6-15/h5H,4H2,1-3H3. The van der Waals surface area contributed by atoms with E-state index in [0.29, 0.717) is 17.8 Å². The number of hydrogen-bond donors (Lipinski definition) is 0. The van der Waals surface area contributed by atoms with E-state index in [0.717, 1.165) is 16.7 Å². The molecule has 4 heteroatoms. The summed E-state index contributed by atoms with van der Waals surface area (Å²) in [6, 6.07) is 1.73. The molecule has 1 rings (SSSR count). The highest BCUT2D eigenvalue weighted by molar-refractivity contribution is 5.68. The molecule has 1 aromatic rings. The van der Waals surface area contributed by atoms with Crippen LogP contribution in [0, 0.1) is 13.8 Å². The van der Waals surface area contributed by atoms with E-state index in [-0.39, 0.29) is 0 Å². The molecule has 4 nitrogen and oxygen atoms in total. The number of carbonyl (C=O) groups excluding carboxylic acids is 2. The molecule has 0 saturated carbocycles. The van der Waals surface area contributed by atoms with Crippen molar-refractivity contribution < 1.29 is 9.59 Å². The molecule has 0 bridgehead atoms. The van der Waals surface area contributed by atoms with Crippen LogP contribution in [-0.2, 0) is 16.0 Å². The highest BCUT2D eigenvalue weighted by Gasteiger charge is 2.11. The summed E-state index contributed by atoms with van der Waals surface area (Å²) in [4.78, 5) is 27.9. The van der Waals surface area contributed by atoms with Crippen LogP contribution in [0.1, 0.15) is 23.6 Å². The molecule has 16 heavy (non-hydrogen) atoms. The number of isocyanates is 2. The van der Waals surface area contributed by atoms with Crippen molar-refractivity contribution >= 4 is 23.5 Å². The number of nitrogens with zero attached hydrogens (tertiary/aromatic N) is 2. The van der Waals surface area contributed by atoms with Gasteiger partial charge in [0.25, 0.3) is 0 Å². The van der Waals surface area contributed by atoms with Gasteiger partial charge in [-0.3, -0.25) is 0 Å². The van der Waals surface area contributed by atoms with Crippen molar-refractivity contribution in [3.63, 3.8) is 0 Å². The Balaban J connectivity index is 3.61. The van der Waals surface area contributed by atoms with Gasteiger partial charge in [-0.1, -0.05) is 6.92 Å². The first-order chi connectivity index (χ1) is 7.65. The van der Waals surface area contributed by atoms with Gasteiger partial charge in [0.1, 0.15) is 0 Å². The Hall–Kier alpha value is -2.02. The van der Waals surface area contributed by atoms with E-state index >= 15 is 0 Å². The minimum atomic E-state index is 0.595. The lowest BCUT2D eigenvalue weighted by molar-refractivity contribution is 0.564. The summed E-state index contributed by atoms with van der Waals surface area (Å²) in [5, 5.41) is 0. The molecule has 0 saturated heterocycles. The molecule has 0 amide bonds. The molecule has 0 N–H and O–H groups in total. The van der Waals surface area contributed by atoms with Crippen LogP contribution in [0.25, 0.3) is 0 Å². The Morgan fingerprint density at radius 2 is 1.81 bits per heavy atom. The van der Waals surface area contributed by atoms with E-state index in [2.05, 4.69) is 9.98 Å². The maximum Gasteiger partial charge on any atom is 0.240 e. The van der Waals surface area contributed by atoms with Gasteiger partial charge in [0.05, 0.1) is 11.4 Å². The second-order valence-corrected chi connectivity index (χ2v) is 3.42. The molecule has 0 fully saturated rings. The van der Waals surface area contributed by atoms with Crippen LogP contribution in [0.2, 0.25) is 0 Å². The summed E-state index contributed by atoms with van der Waals surface area (Å²) in [6.45, 7) is 5.62. The van der Waals surface area contributed by atoms with Gasteiger partial charge in [-0.05, 0) is 43.0 Å². The van der Waals surface area contributed by atoms with Gasteiger partial charge in [0.2, 0.25) is 12.2 Å². The van der Waals surface area contributed by atoms with Crippen molar-refractivity contribution in [3.8, 4) is 0 Å². The fourth-order valence-corrected chi connectivity index (χ4v) is 1.80. The Kier molecular flexibility index (Phi) is 3.90. The monoisotopic (exact) mass is 216 g/mol. The number of rotatable bonds is 3. The average molecular weight is 216 g/mol. The normalized spacial score (nSPS) is 9.19. The van der Waals surface area contributed by atoms with Crippen molar-refractivity contribution in [1.29, 1.82) is 0 Å². The maximum absolute atomic E-state index is 10.3. The van der Waals surface area contributed by atoms with E-state index in [4.69, 9.17) is 0 Å². The minimum Gasteiger partial charge on any atom is -0.211 e. The minimum absolute atomic E-state index is 0.595. The molecule has 0 aromatic heterocycles. The van der Waals surface area contributed by atoms with E-state index in [1.807, 2.05) is 20.8 Å². The second kappa shape index (κ2) is 5.17. The maximum atomic E-state index is 10.3. The smallest absolute Gasteiger partial charge is 0.211 e. The van der Waals surface area contributed by atoms with Crippen molar-refractivity contribution in [1.82, 2.24) is 0 Å². The zero-order chi connectivity index (χ0) is 12.1. The lowest BCUT2D eigenvalue weighted by Crippen LogP contribution is -1.91. The third kappa shape index (κ3) is 2.14. The van der Waals surface area contributed by atoms with Crippen molar-refractivity contribution in [2.75, 3.05) is 0 Å². The fourth-order valence-electron chi connectivity index (χ4n) is 1.80. The van der Waals surface area contributed by atoms with Gasteiger partial charge in [-0.2, -0.15) is 9.98 Å². The molecule has 1 aromatic carbocycles. The summed E-state index contributed by atoms with van der Waals surface area (Å²) in [7, 11) is 0. The molecule has 0 aliphatic rings. The van der Waals surface area contributed by atoms with Gasteiger partial charge in [0.15, 0.2) is 0 Å².